The minimum atomic E-state index is -4.49. The van der Waals surface area contributed by atoms with Gasteiger partial charge in [-0.05, 0) is 69.9 Å². The summed E-state index contributed by atoms with van der Waals surface area (Å²) in [7, 11) is 0. The second-order valence-electron chi connectivity index (χ2n) is 9.82. The van der Waals surface area contributed by atoms with Gasteiger partial charge in [-0.15, -0.1) is 0 Å². The van der Waals surface area contributed by atoms with Crippen LogP contribution in [0.5, 0.6) is 5.75 Å². The number of ether oxygens (including phenoxy) is 1. The minimum absolute atomic E-state index is 0.0472. The molecule has 1 aromatic heterocycles. The van der Waals surface area contributed by atoms with Crippen LogP contribution in [0.4, 0.5) is 23.4 Å². The molecule has 3 heterocycles. The van der Waals surface area contributed by atoms with E-state index >= 15 is 0 Å². The highest BCUT2D eigenvalue weighted by Gasteiger charge is 2.43. The van der Waals surface area contributed by atoms with Gasteiger partial charge in [0.1, 0.15) is 23.9 Å². The van der Waals surface area contributed by atoms with Crippen LogP contribution in [0.2, 0.25) is 5.02 Å². The summed E-state index contributed by atoms with van der Waals surface area (Å²) in [5.41, 5.74) is -1.20. The second-order valence-corrected chi connectivity index (χ2v) is 10.2. The number of fused-ring (bicyclic) bond motifs is 2. The van der Waals surface area contributed by atoms with Crippen molar-refractivity contribution in [2.45, 2.75) is 69.4 Å². The van der Waals surface area contributed by atoms with Gasteiger partial charge in [-0.1, -0.05) is 11.6 Å². The van der Waals surface area contributed by atoms with E-state index in [-0.39, 0.29) is 40.4 Å². The lowest BCUT2D eigenvalue weighted by atomic mass is 9.96. The highest BCUT2D eigenvalue weighted by atomic mass is 35.5. The summed E-state index contributed by atoms with van der Waals surface area (Å²) < 4.78 is 56.2. The normalized spacial score (nSPS) is 21.5. The molecular weight excluding hydrogens is 516 g/mol. The largest absolute Gasteiger partial charge is 0.476 e. The van der Waals surface area contributed by atoms with Gasteiger partial charge in [0.05, 0.1) is 10.6 Å². The molecule has 1 aromatic carbocycles. The van der Waals surface area contributed by atoms with Crippen molar-refractivity contribution in [3.63, 3.8) is 0 Å². The standard InChI is InChI=1S/C25H27ClF4N4O3/c1-24(2,37-20-7-4-15(27)9-19(20)26)23(36)33-16-10-17-5-6-18(11-16)34(17)21-8-3-14(12-31-21)22(35)32-13-25(28,29)30/h3-4,7-9,12,16-18H,5-6,10-11,13H2,1-2H3,(H,32,35)(H,33,36)/t16-,17+,18-. The lowest BCUT2D eigenvalue weighted by Gasteiger charge is -2.40. The Bertz CT molecular complexity index is 1150. The Labute approximate surface area is 216 Å². The molecule has 0 spiro atoms. The first kappa shape index (κ1) is 27.0. The minimum Gasteiger partial charge on any atom is -0.476 e. The fourth-order valence-electron chi connectivity index (χ4n) is 4.86. The number of carbonyl (C=O) groups excluding carboxylic acids is 2. The molecular formula is C25H27ClF4N4O3. The van der Waals surface area contributed by atoms with Crippen molar-refractivity contribution in [2.75, 3.05) is 11.4 Å². The van der Waals surface area contributed by atoms with Crippen LogP contribution < -0.4 is 20.3 Å². The number of nitrogens with zero attached hydrogens (tertiary/aromatic N) is 2. The number of rotatable bonds is 7. The average molecular weight is 543 g/mol. The Morgan fingerprint density at radius 1 is 1.14 bits per heavy atom. The van der Waals surface area contributed by atoms with Gasteiger partial charge in [-0.2, -0.15) is 13.2 Å². The molecule has 37 heavy (non-hydrogen) atoms. The van der Waals surface area contributed by atoms with Crippen LogP contribution in [0, 0.1) is 5.82 Å². The van der Waals surface area contributed by atoms with Gasteiger partial charge in [0, 0.05) is 24.3 Å². The van der Waals surface area contributed by atoms with E-state index in [2.05, 4.69) is 15.2 Å². The Morgan fingerprint density at radius 2 is 1.81 bits per heavy atom. The number of benzene rings is 1. The lowest BCUT2D eigenvalue weighted by molar-refractivity contribution is -0.135. The summed E-state index contributed by atoms with van der Waals surface area (Å²) >= 11 is 6.04. The molecule has 0 aliphatic carbocycles. The van der Waals surface area contributed by atoms with Crippen molar-refractivity contribution in [2.24, 2.45) is 0 Å². The molecule has 12 heteroatoms. The maximum atomic E-state index is 13.3. The summed E-state index contributed by atoms with van der Waals surface area (Å²) in [5, 5.41) is 4.97. The molecule has 4 rings (SSSR count). The quantitative estimate of drug-likeness (QED) is 0.498. The first-order chi connectivity index (χ1) is 17.3. The molecule has 2 aliphatic heterocycles. The molecule has 200 valence electrons. The summed E-state index contributed by atoms with van der Waals surface area (Å²) in [4.78, 5) is 31.5. The molecule has 7 nitrogen and oxygen atoms in total. The molecule has 0 unspecified atom stereocenters. The van der Waals surface area contributed by atoms with Crippen LogP contribution in [0.3, 0.4) is 0 Å². The van der Waals surface area contributed by atoms with Crippen molar-refractivity contribution in [1.82, 2.24) is 15.6 Å². The van der Waals surface area contributed by atoms with E-state index in [0.29, 0.717) is 18.7 Å². The average Bonchev–Trinajstić information content (AvgIpc) is 3.09. The van der Waals surface area contributed by atoms with Gasteiger partial charge in [0.2, 0.25) is 0 Å². The third-order valence-electron chi connectivity index (χ3n) is 6.60. The highest BCUT2D eigenvalue weighted by Crippen LogP contribution is 2.39. The molecule has 0 saturated carbocycles. The van der Waals surface area contributed by atoms with Crippen molar-refractivity contribution in [1.29, 1.82) is 0 Å². The van der Waals surface area contributed by atoms with Crippen molar-refractivity contribution >= 4 is 29.2 Å². The van der Waals surface area contributed by atoms with Gasteiger partial charge >= 0.3 is 6.18 Å². The van der Waals surface area contributed by atoms with Crippen LogP contribution in [0.15, 0.2) is 36.5 Å². The number of hydrogen-bond donors (Lipinski definition) is 2. The number of carbonyl (C=O) groups is 2. The Balaban J connectivity index is 1.35. The van der Waals surface area contributed by atoms with Crippen LogP contribution in [-0.4, -0.2) is 53.2 Å². The zero-order valence-corrected chi connectivity index (χ0v) is 21.0. The van der Waals surface area contributed by atoms with Crippen molar-refractivity contribution < 1.29 is 31.9 Å². The number of nitrogens with one attached hydrogen (secondary N) is 2. The lowest BCUT2D eigenvalue weighted by Crippen LogP contribution is -2.55. The summed E-state index contributed by atoms with van der Waals surface area (Å²) in [6.45, 7) is 1.82. The van der Waals surface area contributed by atoms with E-state index in [1.165, 1.54) is 24.4 Å². The van der Waals surface area contributed by atoms with Crippen molar-refractivity contribution in [3.05, 3.63) is 52.9 Å². The van der Waals surface area contributed by atoms with E-state index in [1.54, 1.807) is 19.9 Å². The second kappa shape index (κ2) is 10.4. The van der Waals surface area contributed by atoms with Crippen LogP contribution >= 0.6 is 11.6 Å². The molecule has 2 aliphatic rings. The molecule has 2 fully saturated rings. The molecule has 2 saturated heterocycles. The number of anilines is 1. The fourth-order valence-corrected chi connectivity index (χ4v) is 5.07. The predicted octanol–water partition coefficient (Wildman–Crippen LogP) is 4.64. The highest BCUT2D eigenvalue weighted by molar-refractivity contribution is 6.32. The molecule has 0 radical (unpaired) electrons. The first-order valence-corrected chi connectivity index (χ1v) is 12.2. The van der Waals surface area contributed by atoms with Gasteiger partial charge in [-0.3, -0.25) is 9.59 Å². The van der Waals surface area contributed by atoms with E-state index in [0.717, 1.165) is 18.9 Å². The van der Waals surface area contributed by atoms with Crippen LogP contribution in [0.25, 0.3) is 0 Å². The zero-order valence-electron chi connectivity index (χ0n) is 20.2. The number of alkyl halides is 3. The van der Waals surface area contributed by atoms with E-state index in [1.807, 2.05) is 5.32 Å². The fraction of sp³-hybridized carbons (Fsp3) is 0.480. The number of aromatic nitrogens is 1. The zero-order chi connectivity index (χ0) is 27.0. The van der Waals surface area contributed by atoms with Gasteiger partial charge < -0.3 is 20.3 Å². The molecule has 2 aromatic rings. The third-order valence-corrected chi connectivity index (χ3v) is 6.89. The van der Waals surface area contributed by atoms with Crippen LogP contribution in [-0.2, 0) is 4.79 Å². The van der Waals surface area contributed by atoms with Gasteiger partial charge in [0.25, 0.3) is 11.8 Å². The molecule has 2 amide bonds. The third kappa shape index (κ3) is 6.44. The van der Waals surface area contributed by atoms with E-state index < -0.39 is 30.0 Å². The summed E-state index contributed by atoms with van der Waals surface area (Å²) in [5.74, 6) is -0.819. The predicted molar refractivity (Wildman–Crippen MR) is 129 cm³/mol. The van der Waals surface area contributed by atoms with Gasteiger partial charge in [0.15, 0.2) is 5.60 Å². The molecule has 2 bridgehead atoms. The van der Waals surface area contributed by atoms with Crippen LogP contribution in [0.1, 0.15) is 49.9 Å². The number of halogens is 5. The Kier molecular flexibility index (Phi) is 7.55. The maximum Gasteiger partial charge on any atom is 0.405 e. The molecule has 2 N–H and O–H groups in total. The van der Waals surface area contributed by atoms with E-state index in [9.17, 15) is 27.2 Å². The monoisotopic (exact) mass is 542 g/mol. The first-order valence-electron chi connectivity index (χ1n) is 11.9. The number of pyridine rings is 1. The topological polar surface area (TPSA) is 83.6 Å². The summed E-state index contributed by atoms with van der Waals surface area (Å²) in [6, 6.07) is 6.92. The Hall–Kier alpha value is -3.08. The molecule has 3 atom stereocenters. The number of amides is 2. The Morgan fingerprint density at radius 3 is 2.38 bits per heavy atom. The van der Waals surface area contributed by atoms with E-state index in [4.69, 9.17) is 16.3 Å². The van der Waals surface area contributed by atoms with Crippen molar-refractivity contribution in [3.8, 4) is 5.75 Å². The summed E-state index contributed by atoms with van der Waals surface area (Å²) in [6.07, 6.45) is -0.0718. The maximum absolute atomic E-state index is 13.3. The number of piperidine rings is 1. The smallest absolute Gasteiger partial charge is 0.405 e. The number of hydrogen-bond acceptors (Lipinski definition) is 5. The van der Waals surface area contributed by atoms with Gasteiger partial charge in [-0.25, -0.2) is 9.37 Å². The SMILES string of the molecule is CC(C)(Oc1ccc(F)cc1Cl)C(=O)N[C@H]1C[C@H]2CC[C@@H](C1)N2c1ccc(C(=O)NCC(F)(F)F)cn1.